The minimum Gasteiger partial charge on any atom is -0.449 e. The Kier molecular flexibility index (Phi) is 7.10. The maximum Gasteiger partial charge on any atom is 0.411 e. The van der Waals surface area contributed by atoms with Gasteiger partial charge in [-0.05, 0) is 74.7 Å². The van der Waals surface area contributed by atoms with E-state index in [9.17, 15) is 9.59 Å². The molecule has 0 aliphatic carbocycles. The highest BCUT2D eigenvalue weighted by Crippen LogP contribution is 2.30. The molecule has 0 saturated carbocycles. The van der Waals surface area contributed by atoms with Crippen LogP contribution in [0.25, 0.3) is 0 Å². The van der Waals surface area contributed by atoms with Gasteiger partial charge < -0.3 is 15.0 Å². The maximum absolute atomic E-state index is 12.6. The number of hydrogen-bond donors (Lipinski definition) is 2. The van der Waals surface area contributed by atoms with Gasteiger partial charge in [-0.25, -0.2) is 4.79 Å². The molecule has 1 amide bonds. The number of likely N-dealkylation sites (tertiary alicyclic amines) is 1. The van der Waals surface area contributed by atoms with Crippen molar-refractivity contribution in [2.24, 2.45) is 5.92 Å². The summed E-state index contributed by atoms with van der Waals surface area (Å²) in [5, 5.41) is 6.78. The summed E-state index contributed by atoms with van der Waals surface area (Å²) >= 11 is 5.91. The van der Waals surface area contributed by atoms with Crippen molar-refractivity contribution in [3.05, 3.63) is 58.6 Å². The molecule has 0 aromatic heterocycles. The number of carbonyl (C=O) groups is 2. The van der Waals surface area contributed by atoms with Crippen molar-refractivity contribution in [2.45, 2.75) is 25.7 Å². The zero-order valence-electron chi connectivity index (χ0n) is 17.5. The number of nitrogens with one attached hydrogen (secondary N) is 2. The van der Waals surface area contributed by atoms with E-state index in [1.54, 1.807) is 24.3 Å². The van der Waals surface area contributed by atoms with Crippen LogP contribution in [-0.4, -0.2) is 49.6 Å². The largest absolute Gasteiger partial charge is 0.449 e. The molecule has 7 heteroatoms. The number of para-hydroxylation sites is 1. The summed E-state index contributed by atoms with van der Waals surface area (Å²) < 4.78 is 5.35. The van der Waals surface area contributed by atoms with Crippen molar-refractivity contribution in [3.8, 4) is 0 Å². The van der Waals surface area contributed by atoms with E-state index in [0.29, 0.717) is 11.6 Å². The predicted molar refractivity (Wildman–Crippen MR) is 123 cm³/mol. The van der Waals surface area contributed by atoms with Crippen molar-refractivity contribution >= 4 is 34.9 Å². The van der Waals surface area contributed by atoms with E-state index < -0.39 is 6.09 Å². The van der Waals surface area contributed by atoms with Crippen LogP contribution in [0.15, 0.2) is 42.5 Å². The molecule has 0 spiro atoms. The molecule has 0 radical (unpaired) electrons. The molecule has 2 aromatic carbocycles. The molecule has 2 N–H and O–H groups in total. The summed E-state index contributed by atoms with van der Waals surface area (Å²) in [5.74, 6) is 0.277. The average Bonchev–Trinajstić information content (AvgIpc) is 3.27. The van der Waals surface area contributed by atoms with Crippen LogP contribution >= 0.6 is 11.6 Å². The number of ketones is 1. The van der Waals surface area contributed by atoms with Gasteiger partial charge >= 0.3 is 6.09 Å². The summed E-state index contributed by atoms with van der Waals surface area (Å²) in [6.45, 7) is 3.90. The van der Waals surface area contributed by atoms with Gasteiger partial charge in [0.1, 0.15) is 0 Å². The lowest BCUT2D eigenvalue weighted by Crippen LogP contribution is -2.37. The number of nitrogens with zero attached hydrogens (tertiary/aromatic N) is 1. The third kappa shape index (κ3) is 5.57. The first-order valence-corrected chi connectivity index (χ1v) is 11.3. The summed E-state index contributed by atoms with van der Waals surface area (Å²) in [6.07, 6.45) is 3.04. The summed E-state index contributed by atoms with van der Waals surface area (Å²) in [5.41, 5.74) is 3.72. The third-order valence-electron chi connectivity index (χ3n) is 6.02. The van der Waals surface area contributed by atoms with Crippen LogP contribution in [-0.2, 0) is 11.2 Å². The molecule has 2 heterocycles. The van der Waals surface area contributed by atoms with E-state index in [-0.39, 0.29) is 11.7 Å². The molecule has 2 aliphatic rings. The number of amides is 1. The standard InChI is InChI=1S/C24H28ClN3O3/c25-20-7-5-18(6-8-20)23(29)19-10-14-28(15-11-19)13-2-16-31-24(30)27-21-4-1-3-17-9-12-26-22(17)21/h1,3-8,19,26H,2,9-16H2,(H,27,30). The Hall–Kier alpha value is -2.57. The smallest absolute Gasteiger partial charge is 0.411 e. The van der Waals surface area contributed by atoms with Gasteiger partial charge in [0.15, 0.2) is 5.78 Å². The highest BCUT2D eigenvalue weighted by molar-refractivity contribution is 6.30. The van der Waals surface area contributed by atoms with Crippen LogP contribution < -0.4 is 10.6 Å². The fourth-order valence-electron chi connectivity index (χ4n) is 4.31. The summed E-state index contributed by atoms with van der Waals surface area (Å²) in [6, 6.07) is 13.0. The van der Waals surface area contributed by atoms with Crippen LogP contribution in [0.3, 0.4) is 0 Å². The van der Waals surface area contributed by atoms with Gasteiger partial charge in [-0.1, -0.05) is 23.7 Å². The lowest BCUT2D eigenvalue weighted by molar-refractivity contribution is 0.0830. The Balaban J connectivity index is 1.14. The van der Waals surface area contributed by atoms with Gasteiger partial charge in [0.2, 0.25) is 0 Å². The first-order valence-electron chi connectivity index (χ1n) is 10.9. The second kappa shape index (κ2) is 10.2. The lowest BCUT2D eigenvalue weighted by Gasteiger charge is -2.31. The average molecular weight is 442 g/mol. The molecular formula is C24H28ClN3O3. The van der Waals surface area contributed by atoms with Crippen molar-refractivity contribution < 1.29 is 14.3 Å². The fraction of sp³-hybridized carbons (Fsp3) is 0.417. The highest BCUT2D eigenvalue weighted by atomic mass is 35.5. The molecule has 1 fully saturated rings. The van der Waals surface area contributed by atoms with Gasteiger partial charge in [0.05, 0.1) is 18.0 Å². The minimum atomic E-state index is -0.422. The Morgan fingerprint density at radius 2 is 1.90 bits per heavy atom. The number of carbonyl (C=O) groups excluding carboxylic acids is 2. The van der Waals surface area contributed by atoms with Gasteiger partial charge in [0, 0.05) is 29.6 Å². The van der Waals surface area contributed by atoms with E-state index in [0.717, 1.165) is 68.8 Å². The van der Waals surface area contributed by atoms with E-state index in [4.69, 9.17) is 16.3 Å². The van der Waals surface area contributed by atoms with Gasteiger partial charge in [0.25, 0.3) is 0 Å². The van der Waals surface area contributed by atoms with Gasteiger partial charge in [-0.2, -0.15) is 0 Å². The quantitative estimate of drug-likeness (QED) is 0.475. The monoisotopic (exact) mass is 441 g/mol. The van der Waals surface area contributed by atoms with Crippen molar-refractivity contribution in [1.82, 2.24) is 4.90 Å². The summed E-state index contributed by atoms with van der Waals surface area (Å²) in [7, 11) is 0. The van der Waals surface area contributed by atoms with E-state index in [1.165, 1.54) is 5.56 Å². The number of rotatable bonds is 7. The van der Waals surface area contributed by atoms with Crippen LogP contribution in [0.4, 0.5) is 16.2 Å². The topological polar surface area (TPSA) is 70.7 Å². The number of fused-ring (bicyclic) bond motifs is 1. The molecule has 2 aromatic rings. The summed E-state index contributed by atoms with van der Waals surface area (Å²) in [4.78, 5) is 27.1. The molecule has 1 saturated heterocycles. The third-order valence-corrected chi connectivity index (χ3v) is 6.27. The molecule has 0 unspecified atom stereocenters. The molecule has 6 nitrogen and oxygen atoms in total. The zero-order valence-corrected chi connectivity index (χ0v) is 18.3. The molecule has 31 heavy (non-hydrogen) atoms. The lowest BCUT2D eigenvalue weighted by atomic mass is 9.89. The van der Waals surface area contributed by atoms with Crippen LogP contribution in [0.2, 0.25) is 5.02 Å². The van der Waals surface area contributed by atoms with Crippen LogP contribution in [0, 0.1) is 5.92 Å². The fourth-order valence-corrected chi connectivity index (χ4v) is 4.44. The molecule has 0 atom stereocenters. The van der Waals surface area contributed by atoms with Crippen molar-refractivity contribution in [3.63, 3.8) is 0 Å². The van der Waals surface area contributed by atoms with Gasteiger partial charge in [-0.3, -0.25) is 10.1 Å². The predicted octanol–water partition coefficient (Wildman–Crippen LogP) is 4.84. The number of halogens is 1. The Morgan fingerprint density at radius 1 is 1.13 bits per heavy atom. The normalized spacial score (nSPS) is 16.4. The number of ether oxygens (including phenoxy) is 1. The van der Waals surface area contributed by atoms with E-state index >= 15 is 0 Å². The van der Waals surface area contributed by atoms with Crippen LogP contribution in [0.1, 0.15) is 35.2 Å². The van der Waals surface area contributed by atoms with Gasteiger partial charge in [-0.15, -0.1) is 0 Å². The Bertz CT molecular complexity index is 924. The van der Waals surface area contributed by atoms with E-state index in [2.05, 4.69) is 21.6 Å². The SMILES string of the molecule is O=C(Nc1cccc2c1NCC2)OCCCN1CCC(C(=O)c2ccc(Cl)cc2)CC1. The number of piperidine rings is 1. The maximum atomic E-state index is 12.6. The minimum absolute atomic E-state index is 0.0701. The number of hydrogen-bond acceptors (Lipinski definition) is 5. The molecule has 164 valence electrons. The van der Waals surface area contributed by atoms with E-state index in [1.807, 2.05) is 12.1 Å². The highest BCUT2D eigenvalue weighted by Gasteiger charge is 2.25. The Morgan fingerprint density at radius 3 is 2.68 bits per heavy atom. The second-order valence-electron chi connectivity index (χ2n) is 8.12. The molecule has 2 aliphatic heterocycles. The first-order chi connectivity index (χ1) is 15.1. The molecular weight excluding hydrogens is 414 g/mol. The van der Waals surface area contributed by atoms with Crippen LogP contribution in [0.5, 0.6) is 0 Å². The molecule has 0 bridgehead atoms. The Labute approximate surface area is 187 Å². The number of anilines is 2. The van der Waals surface area contributed by atoms with Crippen molar-refractivity contribution in [1.29, 1.82) is 0 Å². The second-order valence-corrected chi connectivity index (χ2v) is 8.55. The zero-order chi connectivity index (χ0) is 21.6. The number of Topliss-reactive ketones (excluding diaryl/α,β-unsaturated/α-hetero) is 1. The van der Waals surface area contributed by atoms with Crippen molar-refractivity contribution in [2.75, 3.05) is 43.4 Å². The number of benzene rings is 2. The first kappa shape index (κ1) is 21.7. The molecule has 4 rings (SSSR count).